The van der Waals surface area contributed by atoms with Crippen LogP contribution in [0.15, 0.2) is 64.8 Å². The lowest BCUT2D eigenvalue weighted by Gasteiger charge is -2.37. The Morgan fingerprint density at radius 3 is 2.26 bits per heavy atom. The molecule has 0 radical (unpaired) electrons. The molecule has 0 bridgehead atoms. The van der Waals surface area contributed by atoms with Crippen molar-refractivity contribution in [2.75, 3.05) is 47.1 Å². The molecule has 1 amide bonds. The quantitative estimate of drug-likeness (QED) is 0.341. The fraction of sp³-hybridized carbons (Fsp3) is 0.394. The van der Waals surface area contributed by atoms with Crippen LogP contribution in [-0.4, -0.2) is 58.1 Å². The summed E-state index contributed by atoms with van der Waals surface area (Å²) < 4.78 is 34.4. The Kier molecular flexibility index (Phi) is 10.4. The summed E-state index contributed by atoms with van der Waals surface area (Å²) >= 11 is 0. The Balaban J connectivity index is 1.85. The van der Waals surface area contributed by atoms with Crippen LogP contribution in [0.2, 0.25) is 0 Å². The molecule has 43 heavy (non-hydrogen) atoms. The molecule has 10 heteroatoms. The topological polar surface area (TPSA) is 126 Å². The highest BCUT2D eigenvalue weighted by Gasteiger charge is 2.39. The highest BCUT2D eigenvalue weighted by Crippen LogP contribution is 2.45. The monoisotopic (exact) mass is 589 g/mol. The molecule has 0 saturated heterocycles. The molecule has 2 aromatic carbocycles. The summed E-state index contributed by atoms with van der Waals surface area (Å²) in [5.74, 6) is 2.28. The highest BCUT2D eigenvalue weighted by molar-refractivity contribution is 5.73. The van der Waals surface area contributed by atoms with Crippen LogP contribution in [0.1, 0.15) is 50.7 Å². The van der Waals surface area contributed by atoms with E-state index >= 15 is 0 Å². The molecule has 2 heterocycles. The second kappa shape index (κ2) is 14.4. The van der Waals surface area contributed by atoms with Gasteiger partial charge in [-0.3, -0.25) is 4.90 Å². The third-order valence-corrected chi connectivity index (χ3v) is 7.04. The Bertz CT molecular complexity index is 1470. The number of carbonyl (C=O) groups excluding carboxylic acids is 1. The minimum Gasteiger partial charge on any atom is -0.493 e. The van der Waals surface area contributed by atoms with Crippen LogP contribution in [0.5, 0.6) is 23.0 Å². The van der Waals surface area contributed by atoms with Gasteiger partial charge in [-0.25, -0.2) is 4.79 Å². The minimum absolute atomic E-state index is 0.00732. The van der Waals surface area contributed by atoms with E-state index in [1.54, 1.807) is 26.0 Å². The Hall–Kier alpha value is -4.78. The first-order chi connectivity index (χ1) is 20.9. The van der Waals surface area contributed by atoms with Gasteiger partial charge in [0, 0.05) is 11.1 Å². The van der Waals surface area contributed by atoms with Gasteiger partial charge in [0.2, 0.25) is 5.88 Å². The summed E-state index contributed by atoms with van der Waals surface area (Å²) in [7, 11) is 3.16. The second-order valence-electron chi connectivity index (χ2n) is 10.0. The van der Waals surface area contributed by atoms with E-state index in [9.17, 15) is 10.1 Å². The lowest BCUT2D eigenvalue weighted by atomic mass is 9.80. The average Bonchev–Trinajstić information content (AvgIpc) is 3.02. The number of allylic oxidation sites excluding steroid dienone is 1. The molecule has 2 aromatic rings. The van der Waals surface area contributed by atoms with Crippen molar-refractivity contribution >= 4 is 12.2 Å². The van der Waals surface area contributed by atoms with Gasteiger partial charge in [-0.1, -0.05) is 26.0 Å². The first kappa shape index (κ1) is 31.2. The van der Waals surface area contributed by atoms with Crippen molar-refractivity contribution in [2.24, 2.45) is 5.73 Å². The largest absolute Gasteiger partial charge is 0.493 e. The normalized spacial score (nSPS) is 17.2. The number of carbonyl (C=O) groups is 1. The first-order valence-corrected chi connectivity index (χ1v) is 14.4. The molecule has 1 unspecified atom stereocenters. The lowest BCUT2D eigenvalue weighted by Crippen LogP contribution is -2.41. The van der Waals surface area contributed by atoms with Gasteiger partial charge < -0.3 is 34.2 Å². The van der Waals surface area contributed by atoms with Crippen LogP contribution in [-0.2, 0) is 9.47 Å². The molecule has 4 rings (SSSR count). The predicted molar refractivity (Wildman–Crippen MR) is 162 cm³/mol. The molecule has 0 aliphatic carbocycles. The number of hydrogen-bond donors (Lipinski definition) is 1. The van der Waals surface area contributed by atoms with E-state index in [-0.39, 0.29) is 31.2 Å². The lowest BCUT2D eigenvalue weighted by molar-refractivity contribution is 0.109. The molecule has 228 valence electrons. The predicted octanol–water partition coefficient (Wildman–Crippen LogP) is 5.90. The number of nitrogens with zero attached hydrogens (tertiary/aromatic N) is 2. The Labute approximate surface area is 252 Å². The molecule has 2 aliphatic heterocycles. The van der Waals surface area contributed by atoms with Gasteiger partial charge in [0.15, 0.2) is 23.0 Å². The number of nitriles is 1. The summed E-state index contributed by atoms with van der Waals surface area (Å²) in [4.78, 5) is 14.6. The SMILES string of the molecule is CCCOc1ccc(/C=C2\CN(C(=O)OCC)CC3=C2OC(N)=C(C#N)C3c2ccc(OCCC)c(OC)c2)cc1OC. The molecule has 0 saturated carbocycles. The fourth-order valence-corrected chi connectivity index (χ4v) is 5.10. The second-order valence-corrected chi connectivity index (χ2v) is 10.0. The Morgan fingerprint density at radius 2 is 1.65 bits per heavy atom. The van der Waals surface area contributed by atoms with Gasteiger partial charge in [-0.15, -0.1) is 0 Å². The van der Waals surface area contributed by atoms with Crippen molar-refractivity contribution in [3.05, 3.63) is 75.9 Å². The van der Waals surface area contributed by atoms with Gasteiger partial charge in [0.25, 0.3) is 0 Å². The molecule has 10 nitrogen and oxygen atoms in total. The van der Waals surface area contributed by atoms with Crippen molar-refractivity contribution in [2.45, 2.75) is 39.5 Å². The molecular formula is C33H39N3O7. The van der Waals surface area contributed by atoms with E-state index < -0.39 is 12.0 Å². The van der Waals surface area contributed by atoms with E-state index in [1.807, 2.05) is 56.3 Å². The number of methoxy groups -OCH3 is 2. The number of benzene rings is 2. The van der Waals surface area contributed by atoms with Crippen molar-refractivity contribution in [3.8, 4) is 29.1 Å². The van der Waals surface area contributed by atoms with E-state index in [1.165, 1.54) is 0 Å². The van der Waals surface area contributed by atoms with Crippen LogP contribution in [0.4, 0.5) is 4.79 Å². The van der Waals surface area contributed by atoms with Crippen LogP contribution in [0, 0.1) is 11.3 Å². The zero-order chi connectivity index (χ0) is 30.9. The minimum atomic E-state index is -0.595. The molecule has 0 fully saturated rings. The summed E-state index contributed by atoms with van der Waals surface area (Å²) in [6.07, 6.45) is 3.16. The zero-order valence-electron chi connectivity index (χ0n) is 25.4. The number of nitrogens with two attached hydrogens (primary N) is 1. The molecule has 2 aliphatic rings. The smallest absolute Gasteiger partial charge is 0.410 e. The molecule has 2 N–H and O–H groups in total. The van der Waals surface area contributed by atoms with Crippen LogP contribution in [0.25, 0.3) is 6.08 Å². The van der Waals surface area contributed by atoms with Crippen LogP contribution < -0.4 is 24.7 Å². The third-order valence-electron chi connectivity index (χ3n) is 7.04. The summed E-state index contributed by atoms with van der Waals surface area (Å²) in [6.45, 7) is 7.55. The first-order valence-electron chi connectivity index (χ1n) is 14.4. The number of amides is 1. The standard InChI is InChI=1S/C33H39N3O7/c1-6-13-41-26-11-9-21(16-28(26)38-4)15-23-19-36(33(37)40-8-3)20-25-30(24(18-34)32(35)43-31(23)25)22-10-12-27(42-14-7-2)29(17-22)39-5/h9-12,15-17,30H,6-8,13-14,19-20,35H2,1-5H3/b23-15+. The van der Waals surface area contributed by atoms with Crippen molar-refractivity contribution in [1.82, 2.24) is 4.90 Å². The molecule has 0 spiro atoms. The van der Waals surface area contributed by atoms with Crippen molar-refractivity contribution in [3.63, 3.8) is 0 Å². The van der Waals surface area contributed by atoms with E-state index in [0.717, 1.165) is 24.0 Å². The Morgan fingerprint density at radius 1 is 1.00 bits per heavy atom. The number of rotatable bonds is 11. The van der Waals surface area contributed by atoms with Gasteiger partial charge in [0.05, 0.1) is 53.0 Å². The third kappa shape index (κ3) is 6.83. The molecular weight excluding hydrogens is 550 g/mol. The van der Waals surface area contributed by atoms with Crippen molar-refractivity contribution in [1.29, 1.82) is 5.26 Å². The maximum Gasteiger partial charge on any atom is 0.410 e. The molecule has 0 aromatic heterocycles. The maximum atomic E-state index is 13.1. The van der Waals surface area contributed by atoms with Crippen LogP contribution in [0.3, 0.4) is 0 Å². The van der Waals surface area contributed by atoms with Gasteiger partial charge in [-0.2, -0.15) is 5.26 Å². The summed E-state index contributed by atoms with van der Waals surface area (Å²) in [5.41, 5.74) is 9.57. The van der Waals surface area contributed by atoms with E-state index in [0.29, 0.717) is 53.1 Å². The fourth-order valence-electron chi connectivity index (χ4n) is 5.10. The number of ether oxygens (including phenoxy) is 6. The summed E-state index contributed by atoms with van der Waals surface area (Å²) in [6, 6.07) is 13.4. The van der Waals surface area contributed by atoms with E-state index in [4.69, 9.17) is 34.2 Å². The highest BCUT2D eigenvalue weighted by atomic mass is 16.6. The zero-order valence-corrected chi connectivity index (χ0v) is 25.4. The number of hydrogen-bond acceptors (Lipinski definition) is 9. The molecule has 1 atom stereocenters. The van der Waals surface area contributed by atoms with E-state index in [2.05, 4.69) is 6.07 Å². The summed E-state index contributed by atoms with van der Waals surface area (Å²) in [5, 5.41) is 10.2. The van der Waals surface area contributed by atoms with Crippen molar-refractivity contribution < 1.29 is 33.2 Å². The van der Waals surface area contributed by atoms with Crippen LogP contribution >= 0.6 is 0 Å². The van der Waals surface area contributed by atoms with Gasteiger partial charge in [0.1, 0.15) is 17.4 Å². The maximum absolute atomic E-state index is 13.1. The average molecular weight is 590 g/mol. The van der Waals surface area contributed by atoms with Gasteiger partial charge >= 0.3 is 6.09 Å². The van der Waals surface area contributed by atoms with Gasteiger partial charge in [-0.05, 0) is 61.2 Å².